The minimum absolute atomic E-state index is 0.00346. The van der Waals surface area contributed by atoms with Gasteiger partial charge in [0.1, 0.15) is 6.04 Å². The molecule has 2 aliphatic rings. The van der Waals surface area contributed by atoms with Crippen LogP contribution in [0.4, 0.5) is 5.69 Å². The van der Waals surface area contributed by atoms with Gasteiger partial charge in [-0.3, -0.25) is 14.4 Å². The monoisotopic (exact) mass is 359 g/mol. The molecule has 3 N–H and O–H groups in total. The van der Waals surface area contributed by atoms with Crippen molar-refractivity contribution in [2.45, 2.75) is 32.2 Å². The summed E-state index contributed by atoms with van der Waals surface area (Å²) >= 11 is 0. The molecule has 1 atom stereocenters. The highest BCUT2D eigenvalue weighted by atomic mass is 16.2. The van der Waals surface area contributed by atoms with Gasteiger partial charge in [-0.2, -0.15) is 0 Å². The number of nitrogens with one attached hydrogen (secondary N) is 3. The number of benzene rings is 1. The van der Waals surface area contributed by atoms with E-state index in [0.717, 1.165) is 30.8 Å². The van der Waals surface area contributed by atoms with E-state index in [1.54, 1.807) is 0 Å². The number of hydrogen-bond acceptors (Lipinski definition) is 3. The van der Waals surface area contributed by atoms with Gasteiger partial charge in [0.15, 0.2) is 6.54 Å². The second-order valence-electron chi connectivity index (χ2n) is 6.97. The molecule has 1 aromatic rings. The minimum atomic E-state index is -0.363. The smallest absolute Gasteiger partial charge is 0.279 e. The Morgan fingerprint density at radius 2 is 2.00 bits per heavy atom. The normalized spacial score (nSPS) is 20.7. The zero-order valence-electron chi connectivity index (χ0n) is 15.2. The fourth-order valence-corrected chi connectivity index (χ4v) is 3.61. The Hall–Kier alpha value is -2.41. The SMILES string of the molecule is CCc1ccccc1NC(=O)C[NH+]1CCN(C(=O)[C@@H]2CCC(=O)N2)CC1. The van der Waals surface area contributed by atoms with Crippen molar-refractivity contribution in [1.29, 1.82) is 0 Å². The summed E-state index contributed by atoms with van der Waals surface area (Å²) in [6.07, 6.45) is 1.90. The first-order chi connectivity index (χ1) is 12.6. The summed E-state index contributed by atoms with van der Waals surface area (Å²) in [7, 11) is 0. The first kappa shape index (κ1) is 18.4. The average Bonchev–Trinajstić information content (AvgIpc) is 3.08. The molecule has 0 aliphatic carbocycles. The summed E-state index contributed by atoms with van der Waals surface area (Å²) < 4.78 is 0. The molecule has 7 nitrogen and oxygen atoms in total. The van der Waals surface area contributed by atoms with Crippen molar-refractivity contribution < 1.29 is 19.3 Å². The number of hydrogen-bond donors (Lipinski definition) is 3. The van der Waals surface area contributed by atoms with E-state index in [2.05, 4.69) is 17.6 Å². The van der Waals surface area contributed by atoms with Gasteiger partial charge in [0, 0.05) is 12.1 Å². The van der Waals surface area contributed by atoms with Gasteiger partial charge in [-0.1, -0.05) is 25.1 Å². The van der Waals surface area contributed by atoms with E-state index in [9.17, 15) is 14.4 Å². The van der Waals surface area contributed by atoms with Gasteiger partial charge in [0.2, 0.25) is 11.8 Å². The fraction of sp³-hybridized carbons (Fsp3) is 0.526. The van der Waals surface area contributed by atoms with Gasteiger partial charge in [0.25, 0.3) is 5.91 Å². The van der Waals surface area contributed by atoms with Crippen LogP contribution in [0.25, 0.3) is 0 Å². The number of carbonyl (C=O) groups excluding carboxylic acids is 3. The average molecular weight is 359 g/mol. The second kappa shape index (κ2) is 8.31. The third-order valence-corrected chi connectivity index (χ3v) is 5.16. The molecule has 3 rings (SSSR count). The molecular weight excluding hydrogens is 332 g/mol. The number of rotatable bonds is 5. The molecule has 2 aliphatic heterocycles. The van der Waals surface area contributed by atoms with Crippen molar-refractivity contribution in [3.63, 3.8) is 0 Å². The quantitative estimate of drug-likeness (QED) is 0.643. The second-order valence-corrected chi connectivity index (χ2v) is 6.97. The number of para-hydroxylation sites is 1. The first-order valence-corrected chi connectivity index (χ1v) is 9.36. The summed E-state index contributed by atoms with van der Waals surface area (Å²) in [4.78, 5) is 39.0. The van der Waals surface area contributed by atoms with Crippen molar-refractivity contribution >= 4 is 23.4 Å². The Kier molecular flexibility index (Phi) is 5.88. The van der Waals surface area contributed by atoms with Gasteiger partial charge in [0.05, 0.1) is 26.2 Å². The number of carbonyl (C=O) groups is 3. The lowest BCUT2D eigenvalue weighted by Gasteiger charge is -2.33. The van der Waals surface area contributed by atoms with Crippen LogP contribution in [0.1, 0.15) is 25.3 Å². The Balaban J connectivity index is 1.45. The van der Waals surface area contributed by atoms with E-state index in [1.807, 2.05) is 29.2 Å². The van der Waals surface area contributed by atoms with Crippen LogP contribution in [0.15, 0.2) is 24.3 Å². The fourth-order valence-electron chi connectivity index (χ4n) is 3.61. The number of piperazine rings is 1. The Labute approximate surface area is 153 Å². The van der Waals surface area contributed by atoms with Crippen LogP contribution in [0.3, 0.4) is 0 Å². The van der Waals surface area contributed by atoms with E-state index in [4.69, 9.17) is 0 Å². The van der Waals surface area contributed by atoms with E-state index >= 15 is 0 Å². The molecule has 3 amide bonds. The molecule has 0 unspecified atom stereocenters. The predicted octanol–water partition coefficient (Wildman–Crippen LogP) is -0.807. The van der Waals surface area contributed by atoms with Crippen LogP contribution in [-0.2, 0) is 20.8 Å². The van der Waals surface area contributed by atoms with Gasteiger partial charge in [-0.15, -0.1) is 0 Å². The van der Waals surface area contributed by atoms with Crippen LogP contribution in [0, 0.1) is 0 Å². The number of nitrogens with zero attached hydrogens (tertiary/aromatic N) is 1. The highest BCUT2D eigenvalue weighted by Gasteiger charge is 2.33. The minimum Gasteiger partial charge on any atom is -0.344 e. The van der Waals surface area contributed by atoms with Crippen LogP contribution < -0.4 is 15.5 Å². The van der Waals surface area contributed by atoms with Gasteiger partial charge >= 0.3 is 0 Å². The molecule has 2 saturated heterocycles. The maximum absolute atomic E-state index is 12.4. The maximum Gasteiger partial charge on any atom is 0.279 e. The lowest BCUT2D eigenvalue weighted by molar-refractivity contribution is -0.895. The molecule has 1 aromatic carbocycles. The molecule has 2 heterocycles. The molecular formula is C19H27N4O3+. The standard InChI is InChI=1S/C19H26N4O3/c1-2-14-5-3-4-6-15(14)20-18(25)13-22-9-11-23(12-10-22)19(26)16-7-8-17(24)21-16/h3-6,16H,2,7-13H2,1H3,(H,20,25)(H,21,24)/p+1/t16-/m0/s1. The molecule has 0 bridgehead atoms. The topological polar surface area (TPSA) is 83.0 Å². The third kappa shape index (κ3) is 4.40. The summed E-state index contributed by atoms with van der Waals surface area (Å²) in [5.74, 6) is -0.0309. The number of anilines is 1. The first-order valence-electron chi connectivity index (χ1n) is 9.36. The van der Waals surface area contributed by atoms with Crippen molar-refractivity contribution in [3.8, 4) is 0 Å². The molecule has 2 fully saturated rings. The molecule has 0 radical (unpaired) electrons. The van der Waals surface area contributed by atoms with Crippen molar-refractivity contribution in [2.75, 3.05) is 38.0 Å². The van der Waals surface area contributed by atoms with Gasteiger partial charge in [-0.25, -0.2) is 0 Å². The summed E-state index contributed by atoms with van der Waals surface area (Å²) in [6.45, 7) is 5.21. The Bertz CT molecular complexity index is 683. The van der Waals surface area contributed by atoms with E-state index in [0.29, 0.717) is 32.5 Å². The van der Waals surface area contributed by atoms with Crippen LogP contribution in [0.5, 0.6) is 0 Å². The maximum atomic E-state index is 12.4. The number of amides is 3. The van der Waals surface area contributed by atoms with E-state index < -0.39 is 0 Å². The molecule has 7 heteroatoms. The Morgan fingerprint density at radius 1 is 1.27 bits per heavy atom. The van der Waals surface area contributed by atoms with Crippen molar-refractivity contribution in [3.05, 3.63) is 29.8 Å². The van der Waals surface area contributed by atoms with Crippen molar-refractivity contribution in [1.82, 2.24) is 10.2 Å². The van der Waals surface area contributed by atoms with Crippen molar-refractivity contribution in [2.24, 2.45) is 0 Å². The highest BCUT2D eigenvalue weighted by molar-refractivity contribution is 5.92. The van der Waals surface area contributed by atoms with Gasteiger partial charge < -0.3 is 20.4 Å². The third-order valence-electron chi connectivity index (χ3n) is 5.16. The van der Waals surface area contributed by atoms with E-state index in [1.165, 1.54) is 4.90 Å². The summed E-state index contributed by atoms with van der Waals surface area (Å²) in [6, 6.07) is 7.49. The molecule has 0 aromatic heterocycles. The summed E-state index contributed by atoms with van der Waals surface area (Å²) in [5.41, 5.74) is 2.01. The zero-order chi connectivity index (χ0) is 18.5. The largest absolute Gasteiger partial charge is 0.344 e. The Morgan fingerprint density at radius 3 is 2.65 bits per heavy atom. The van der Waals surface area contributed by atoms with E-state index in [-0.39, 0.29) is 23.8 Å². The lowest BCUT2D eigenvalue weighted by Crippen LogP contribution is -3.15. The molecule has 0 saturated carbocycles. The summed E-state index contributed by atoms with van der Waals surface area (Å²) in [5, 5.41) is 5.74. The van der Waals surface area contributed by atoms with Gasteiger partial charge in [-0.05, 0) is 24.5 Å². The highest BCUT2D eigenvalue weighted by Crippen LogP contribution is 2.15. The molecule has 26 heavy (non-hydrogen) atoms. The lowest BCUT2D eigenvalue weighted by atomic mass is 10.1. The van der Waals surface area contributed by atoms with Crippen LogP contribution in [-0.4, -0.2) is 61.4 Å². The predicted molar refractivity (Wildman–Crippen MR) is 97.8 cm³/mol. The molecule has 0 spiro atoms. The van der Waals surface area contributed by atoms with Crippen LogP contribution in [0.2, 0.25) is 0 Å². The zero-order valence-corrected chi connectivity index (χ0v) is 15.2. The number of aryl methyl sites for hydroxylation is 1. The number of quaternary nitrogens is 1. The van der Waals surface area contributed by atoms with Crippen LogP contribution >= 0.6 is 0 Å². The molecule has 140 valence electrons.